The molecule has 0 aliphatic carbocycles. The van der Waals surface area contributed by atoms with Crippen LogP contribution in [0.2, 0.25) is 0 Å². The van der Waals surface area contributed by atoms with Crippen LogP contribution in [0.1, 0.15) is 13.8 Å². The van der Waals surface area contributed by atoms with Crippen LogP contribution >= 0.6 is 0 Å². The van der Waals surface area contributed by atoms with E-state index in [-0.39, 0.29) is 0 Å². The zero-order valence-corrected chi connectivity index (χ0v) is 9.33. The van der Waals surface area contributed by atoms with Crippen molar-refractivity contribution >= 4 is 0 Å². The van der Waals surface area contributed by atoms with Crippen LogP contribution in [-0.4, -0.2) is 46.2 Å². The molecule has 86 valence electrons. The minimum atomic E-state index is 0.567. The standard InChI is InChI=1S/C10H23NO3/c1-10(2)9-14-8-7-13-6-5-12-4-3-11/h10H,3-9,11H2,1-2H3. The van der Waals surface area contributed by atoms with Crippen LogP contribution < -0.4 is 5.73 Å². The van der Waals surface area contributed by atoms with Gasteiger partial charge in [0, 0.05) is 13.2 Å². The van der Waals surface area contributed by atoms with E-state index < -0.39 is 0 Å². The Morgan fingerprint density at radius 1 is 0.857 bits per heavy atom. The highest BCUT2D eigenvalue weighted by Gasteiger charge is 1.93. The molecule has 0 atom stereocenters. The van der Waals surface area contributed by atoms with E-state index in [4.69, 9.17) is 19.9 Å². The van der Waals surface area contributed by atoms with Gasteiger partial charge >= 0.3 is 0 Å². The first-order chi connectivity index (χ1) is 6.77. The minimum Gasteiger partial charge on any atom is -0.379 e. The third kappa shape index (κ3) is 11.8. The molecule has 0 rings (SSSR count). The summed E-state index contributed by atoms with van der Waals surface area (Å²) in [5.74, 6) is 0.586. The van der Waals surface area contributed by atoms with Crippen molar-refractivity contribution in [2.75, 3.05) is 46.2 Å². The van der Waals surface area contributed by atoms with Crippen molar-refractivity contribution in [2.45, 2.75) is 13.8 Å². The van der Waals surface area contributed by atoms with Crippen molar-refractivity contribution in [2.24, 2.45) is 11.7 Å². The van der Waals surface area contributed by atoms with Gasteiger partial charge in [0.2, 0.25) is 0 Å². The van der Waals surface area contributed by atoms with Crippen molar-refractivity contribution < 1.29 is 14.2 Å². The first kappa shape index (κ1) is 13.8. The second-order valence-corrected chi connectivity index (χ2v) is 3.48. The molecule has 0 saturated heterocycles. The molecule has 0 heterocycles. The SMILES string of the molecule is CC(C)COCCOCCOCCN. The molecule has 0 fully saturated rings. The summed E-state index contributed by atoms with van der Waals surface area (Å²) in [5, 5.41) is 0. The first-order valence-corrected chi connectivity index (χ1v) is 5.20. The number of ether oxygens (including phenoxy) is 3. The summed E-state index contributed by atoms with van der Waals surface area (Å²) >= 11 is 0. The highest BCUT2D eigenvalue weighted by atomic mass is 16.5. The van der Waals surface area contributed by atoms with Gasteiger partial charge in [-0.25, -0.2) is 0 Å². The fraction of sp³-hybridized carbons (Fsp3) is 1.00. The van der Waals surface area contributed by atoms with Crippen molar-refractivity contribution in [3.8, 4) is 0 Å². The van der Waals surface area contributed by atoms with Gasteiger partial charge < -0.3 is 19.9 Å². The highest BCUT2D eigenvalue weighted by Crippen LogP contribution is 1.91. The van der Waals surface area contributed by atoms with Crippen molar-refractivity contribution in [3.63, 3.8) is 0 Å². The van der Waals surface area contributed by atoms with E-state index in [2.05, 4.69) is 13.8 Å². The number of rotatable bonds is 10. The predicted molar refractivity (Wildman–Crippen MR) is 56.3 cm³/mol. The maximum absolute atomic E-state index is 5.34. The number of hydrogen-bond donors (Lipinski definition) is 1. The molecule has 4 heteroatoms. The zero-order chi connectivity index (χ0) is 10.6. The van der Waals surface area contributed by atoms with Crippen LogP contribution in [0.15, 0.2) is 0 Å². The summed E-state index contributed by atoms with van der Waals surface area (Å²) < 4.78 is 15.7. The molecule has 2 N–H and O–H groups in total. The maximum atomic E-state index is 5.34. The van der Waals surface area contributed by atoms with E-state index in [1.165, 1.54) is 0 Å². The minimum absolute atomic E-state index is 0.567. The van der Waals surface area contributed by atoms with Crippen LogP contribution in [-0.2, 0) is 14.2 Å². The lowest BCUT2D eigenvalue weighted by Gasteiger charge is -2.07. The highest BCUT2D eigenvalue weighted by molar-refractivity contribution is 4.39. The molecular formula is C10H23NO3. The van der Waals surface area contributed by atoms with Gasteiger partial charge in [-0.2, -0.15) is 0 Å². The summed E-state index contributed by atoms with van der Waals surface area (Å²) in [6.45, 7) is 8.75. The summed E-state index contributed by atoms with van der Waals surface area (Å²) in [7, 11) is 0. The molecule has 0 spiro atoms. The molecule has 0 bridgehead atoms. The molecule has 4 nitrogen and oxygen atoms in total. The summed E-state index contributed by atoms with van der Waals surface area (Å²) in [6.07, 6.45) is 0. The Kier molecular flexibility index (Phi) is 10.8. The molecule has 14 heavy (non-hydrogen) atoms. The van der Waals surface area contributed by atoms with Crippen LogP contribution in [0, 0.1) is 5.92 Å². The quantitative estimate of drug-likeness (QED) is 0.532. The monoisotopic (exact) mass is 205 g/mol. The van der Waals surface area contributed by atoms with Gasteiger partial charge in [0.05, 0.1) is 33.0 Å². The van der Waals surface area contributed by atoms with Gasteiger partial charge in [-0.1, -0.05) is 13.8 Å². The molecule has 0 unspecified atom stereocenters. The summed E-state index contributed by atoms with van der Waals surface area (Å²) in [4.78, 5) is 0. The Hall–Kier alpha value is -0.160. The van der Waals surface area contributed by atoms with Crippen LogP contribution in [0.3, 0.4) is 0 Å². The largest absolute Gasteiger partial charge is 0.379 e. The molecule has 0 aromatic rings. The van der Waals surface area contributed by atoms with Crippen LogP contribution in [0.4, 0.5) is 0 Å². The molecule has 0 saturated carbocycles. The molecule has 0 radical (unpaired) electrons. The molecule has 0 aliphatic heterocycles. The zero-order valence-electron chi connectivity index (χ0n) is 9.33. The second kappa shape index (κ2) is 10.9. The van der Waals surface area contributed by atoms with E-state index in [1.807, 2.05) is 0 Å². The predicted octanol–water partition coefficient (Wildman–Crippen LogP) is 0.651. The normalized spacial score (nSPS) is 11.1. The molecule has 0 amide bonds. The number of hydrogen-bond acceptors (Lipinski definition) is 4. The average Bonchev–Trinajstić information content (AvgIpc) is 2.15. The van der Waals surface area contributed by atoms with E-state index in [1.54, 1.807) is 0 Å². The smallest absolute Gasteiger partial charge is 0.0701 e. The Labute approximate surface area is 86.7 Å². The van der Waals surface area contributed by atoms with Crippen molar-refractivity contribution in [1.29, 1.82) is 0 Å². The maximum Gasteiger partial charge on any atom is 0.0701 e. The molecular weight excluding hydrogens is 182 g/mol. The fourth-order valence-electron chi connectivity index (χ4n) is 0.842. The number of nitrogens with two attached hydrogens (primary N) is 1. The lowest BCUT2D eigenvalue weighted by Crippen LogP contribution is -2.14. The van der Waals surface area contributed by atoms with Crippen molar-refractivity contribution in [1.82, 2.24) is 0 Å². The van der Waals surface area contributed by atoms with Crippen LogP contribution in [0.25, 0.3) is 0 Å². The third-order valence-electron chi connectivity index (χ3n) is 1.46. The van der Waals surface area contributed by atoms with Crippen LogP contribution in [0.5, 0.6) is 0 Å². The first-order valence-electron chi connectivity index (χ1n) is 5.20. The average molecular weight is 205 g/mol. The Morgan fingerprint density at radius 2 is 1.36 bits per heavy atom. The van der Waals surface area contributed by atoms with E-state index >= 15 is 0 Å². The fourth-order valence-corrected chi connectivity index (χ4v) is 0.842. The Bertz CT molecular complexity index is 110. The molecule has 0 aliphatic rings. The Morgan fingerprint density at radius 3 is 1.86 bits per heavy atom. The van der Waals surface area contributed by atoms with E-state index in [0.29, 0.717) is 45.5 Å². The topological polar surface area (TPSA) is 53.7 Å². The second-order valence-electron chi connectivity index (χ2n) is 3.48. The van der Waals surface area contributed by atoms with E-state index in [0.717, 1.165) is 6.61 Å². The van der Waals surface area contributed by atoms with Gasteiger partial charge in [0.1, 0.15) is 0 Å². The lowest BCUT2D eigenvalue weighted by atomic mass is 10.2. The summed E-state index contributed by atoms with van der Waals surface area (Å²) in [5.41, 5.74) is 5.25. The van der Waals surface area contributed by atoms with Crippen molar-refractivity contribution in [3.05, 3.63) is 0 Å². The molecule has 0 aromatic heterocycles. The Balaban J connectivity index is 2.85. The van der Waals surface area contributed by atoms with Gasteiger partial charge in [-0.15, -0.1) is 0 Å². The van der Waals surface area contributed by atoms with E-state index in [9.17, 15) is 0 Å². The van der Waals surface area contributed by atoms with Gasteiger partial charge in [-0.05, 0) is 5.92 Å². The third-order valence-corrected chi connectivity index (χ3v) is 1.46. The van der Waals surface area contributed by atoms with Gasteiger partial charge in [-0.3, -0.25) is 0 Å². The van der Waals surface area contributed by atoms with Gasteiger partial charge in [0.25, 0.3) is 0 Å². The van der Waals surface area contributed by atoms with Gasteiger partial charge in [0.15, 0.2) is 0 Å². The molecule has 0 aromatic carbocycles. The summed E-state index contributed by atoms with van der Waals surface area (Å²) in [6, 6.07) is 0. The lowest BCUT2D eigenvalue weighted by molar-refractivity contribution is 0.0108.